The summed E-state index contributed by atoms with van der Waals surface area (Å²) in [4.78, 5) is 15.2. The fourth-order valence-corrected chi connectivity index (χ4v) is 0.831. The Hall–Kier alpha value is -1.30. The summed E-state index contributed by atoms with van der Waals surface area (Å²) in [5.74, 6) is 0.171. The van der Waals surface area contributed by atoms with E-state index in [2.05, 4.69) is 21.2 Å². The first kappa shape index (κ1) is 13.7. The van der Waals surface area contributed by atoms with Crippen molar-refractivity contribution in [1.29, 1.82) is 0 Å². The topological polar surface area (TPSA) is 74.8 Å². The molecule has 0 aromatic rings. The Labute approximate surface area is 90.4 Å². The summed E-state index contributed by atoms with van der Waals surface area (Å²) < 4.78 is 5.11. The number of guanidine groups is 1. The Balaban J connectivity index is 3.90. The zero-order chi connectivity index (χ0) is 11.9. The quantitative estimate of drug-likeness (QED) is 0.260. The monoisotopic (exact) mass is 216 g/mol. The summed E-state index contributed by atoms with van der Waals surface area (Å²) in [6.45, 7) is 5.56. The van der Waals surface area contributed by atoms with Crippen LogP contribution in [0.2, 0.25) is 0 Å². The second-order valence-corrected chi connectivity index (χ2v) is 3.89. The maximum Gasteiger partial charge on any atom is 0.325 e. The number of ether oxygens (including phenoxy) is 1. The Morgan fingerprint density at radius 1 is 1.40 bits per heavy atom. The van der Waals surface area contributed by atoms with Gasteiger partial charge in [-0.25, -0.2) is 5.43 Å². The summed E-state index contributed by atoms with van der Waals surface area (Å²) in [5.41, 5.74) is 4.97. The van der Waals surface area contributed by atoms with Crippen molar-refractivity contribution in [3.05, 3.63) is 0 Å². The van der Waals surface area contributed by atoms with Gasteiger partial charge in [0.05, 0.1) is 0 Å². The molecule has 0 aromatic carbocycles. The molecule has 88 valence electrons. The van der Waals surface area contributed by atoms with Crippen molar-refractivity contribution in [2.75, 3.05) is 20.6 Å². The maximum atomic E-state index is 11.3. The molecule has 3 N–H and O–H groups in total. The van der Waals surface area contributed by atoms with Crippen LogP contribution in [0, 0.1) is 0 Å². The molecule has 6 heteroatoms. The molecule has 0 aromatic heterocycles. The van der Waals surface area contributed by atoms with Crippen LogP contribution >= 0.6 is 0 Å². The van der Waals surface area contributed by atoms with Crippen LogP contribution in [-0.4, -0.2) is 38.2 Å². The molecule has 0 aliphatic heterocycles. The van der Waals surface area contributed by atoms with Crippen LogP contribution in [0.4, 0.5) is 0 Å². The fourth-order valence-electron chi connectivity index (χ4n) is 0.831. The van der Waals surface area contributed by atoms with Gasteiger partial charge in [0.25, 0.3) is 0 Å². The lowest BCUT2D eigenvalue weighted by Crippen LogP contribution is -2.46. The lowest BCUT2D eigenvalue weighted by molar-refractivity contribution is -0.153. The van der Waals surface area contributed by atoms with Crippen molar-refractivity contribution in [2.45, 2.75) is 26.4 Å². The third-order valence-electron chi connectivity index (χ3n) is 1.29. The number of hydrogen-bond acceptors (Lipinski definition) is 4. The van der Waals surface area contributed by atoms with Crippen LogP contribution in [0.1, 0.15) is 20.8 Å². The van der Waals surface area contributed by atoms with Gasteiger partial charge < -0.3 is 10.1 Å². The van der Waals surface area contributed by atoms with E-state index in [9.17, 15) is 4.79 Å². The van der Waals surface area contributed by atoms with Crippen LogP contribution in [0.5, 0.6) is 0 Å². The number of esters is 1. The summed E-state index contributed by atoms with van der Waals surface area (Å²) in [7, 11) is 3.32. The van der Waals surface area contributed by atoms with Gasteiger partial charge in [0.2, 0.25) is 5.96 Å². The van der Waals surface area contributed by atoms with Gasteiger partial charge >= 0.3 is 5.97 Å². The van der Waals surface area contributed by atoms with Gasteiger partial charge in [-0.3, -0.25) is 15.2 Å². The number of aliphatic imine (C=N–C) groups is 1. The standard InChI is InChI=1S/C9H20N4O2/c1-9(2,3)15-7(14)6-12-8(10-4)13-11-5/h11H,6H2,1-5H3,(H2,10,12,13). The number of carbonyl (C=O) groups is 1. The van der Waals surface area contributed by atoms with E-state index < -0.39 is 5.60 Å². The van der Waals surface area contributed by atoms with Gasteiger partial charge in [-0.15, -0.1) is 0 Å². The van der Waals surface area contributed by atoms with Crippen molar-refractivity contribution in [3.63, 3.8) is 0 Å². The Bertz CT molecular complexity index is 233. The fraction of sp³-hybridized carbons (Fsp3) is 0.778. The van der Waals surface area contributed by atoms with Gasteiger partial charge in [0.1, 0.15) is 12.1 Å². The Morgan fingerprint density at radius 3 is 2.40 bits per heavy atom. The minimum atomic E-state index is -0.460. The third kappa shape index (κ3) is 7.75. The molecular formula is C9H20N4O2. The van der Waals surface area contributed by atoms with Gasteiger partial charge in [-0.1, -0.05) is 0 Å². The molecule has 0 unspecified atom stereocenters. The summed E-state index contributed by atoms with van der Waals surface area (Å²) in [6, 6.07) is 0. The molecule has 0 heterocycles. The zero-order valence-corrected chi connectivity index (χ0v) is 9.97. The van der Waals surface area contributed by atoms with E-state index in [0.29, 0.717) is 5.96 Å². The van der Waals surface area contributed by atoms with Crippen molar-refractivity contribution < 1.29 is 9.53 Å². The first-order chi connectivity index (χ1) is 6.89. The number of carbonyl (C=O) groups excluding carboxylic acids is 1. The lowest BCUT2D eigenvalue weighted by Gasteiger charge is -2.20. The van der Waals surface area contributed by atoms with Gasteiger partial charge in [0, 0.05) is 14.1 Å². The highest BCUT2D eigenvalue weighted by atomic mass is 16.6. The molecule has 6 nitrogen and oxygen atoms in total. The van der Waals surface area contributed by atoms with Crippen LogP contribution < -0.4 is 16.2 Å². The highest BCUT2D eigenvalue weighted by Gasteiger charge is 2.15. The third-order valence-corrected chi connectivity index (χ3v) is 1.29. The molecule has 0 radical (unpaired) electrons. The van der Waals surface area contributed by atoms with Crippen LogP contribution in [-0.2, 0) is 9.53 Å². The summed E-state index contributed by atoms with van der Waals surface area (Å²) in [6.07, 6.45) is 0. The van der Waals surface area contributed by atoms with Crippen LogP contribution in [0.3, 0.4) is 0 Å². The average molecular weight is 216 g/mol. The van der Waals surface area contributed by atoms with Crippen LogP contribution in [0.25, 0.3) is 0 Å². The number of rotatable bonds is 3. The molecule has 0 aliphatic carbocycles. The summed E-state index contributed by atoms with van der Waals surface area (Å²) in [5, 5.41) is 2.79. The van der Waals surface area contributed by atoms with E-state index in [1.807, 2.05) is 20.8 Å². The predicted octanol–water partition coefficient (Wildman–Crippen LogP) is -0.372. The van der Waals surface area contributed by atoms with E-state index >= 15 is 0 Å². The number of nitrogens with one attached hydrogen (secondary N) is 3. The molecule has 0 amide bonds. The van der Waals surface area contributed by atoms with Gasteiger partial charge in [-0.05, 0) is 20.8 Å². The molecule has 0 saturated heterocycles. The second-order valence-electron chi connectivity index (χ2n) is 3.89. The SMILES string of the molecule is CN=C(NCC(=O)OC(C)(C)C)NNC. The van der Waals surface area contributed by atoms with Gasteiger partial charge in [-0.2, -0.15) is 0 Å². The van der Waals surface area contributed by atoms with Crippen molar-refractivity contribution >= 4 is 11.9 Å². The molecule has 0 atom stereocenters. The van der Waals surface area contributed by atoms with Crippen molar-refractivity contribution in [3.8, 4) is 0 Å². The number of hydrogen-bond donors (Lipinski definition) is 3. The predicted molar refractivity (Wildman–Crippen MR) is 59.4 cm³/mol. The minimum Gasteiger partial charge on any atom is -0.459 e. The van der Waals surface area contributed by atoms with E-state index in [1.165, 1.54) is 0 Å². The van der Waals surface area contributed by atoms with Crippen LogP contribution in [0.15, 0.2) is 4.99 Å². The minimum absolute atomic E-state index is 0.0820. The normalized spacial score (nSPS) is 12.2. The molecule has 0 fully saturated rings. The van der Waals surface area contributed by atoms with E-state index in [-0.39, 0.29) is 12.5 Å². The van der Waals surface area contributed by atoms with E-state index in [0.717, 1.165) is 0 Å². The first-order valence-corrected chi connectivity index (χ1v) is 4.74. The highest BCUT2D eigenvalue weighted by Crippen LogP contribution is 2.05. The zero-order valence-electron chi connectivity index (χ0n) is 9.97. The maximum absolute atomic E-state index is 11.3. The molecular weight excluding hydrogens is 196 g/mol. The molecule has 0 aliphatic rings. The van der Waals surface area contributed by atoms with E-state index in [1.54, 1.807) is 14.1 Å². The van der Waals surface area contributed by atoms with Crippen molar-refractivity contribution in [1.82, 2.24) is 16.2 Å². The molecule has 0 saturated carbocycles. The van der Waals surface area contributed by atoms with Crippen molar-refractivity contribution in [2.24, 2.45) is 4.99 Å². The molecule has 0 rings (SSSR count). The Morgan fingerprint density at radius 2 is 2.00 bits per heavy atom. The highest BCUT2D eigenvalue weighted by molar-refractivity contribution is 5.83. The van der Waals surface area contributed by atoms with Gasteiger partial charge in [0.15, 0.2) is 0 Å². The molecule has 0 bridgehead atoms. The summed E-state index contributed by atoms with van der Waals surface area (Å²) >= 11 is 0. The Kier molecular flexibility index (Phi) is 5.69. The number of nitrogens with zero attached hydrogens (tertiary/aromatic N) is 1. The lowest BCUT2D eigenvalue weighted by atomic mass is 10.2. The largest absolute Gasteiger partial charge is 0.459 e. The van der Waals surface area contributed by atoms with E-state index in [4.69, 9.17) is 4.74 Å². The molecule has 15 heavy (non-hydrogen) atoms. The first-order valence-electron chi connectivity index (χ1n) is 4.74. The molecule has 0 spiro atoms. The number of hydrazine groups is 1. The second kappa shape index (κ2) is 6.23. The smallest absolute Gasteiger partial charge is 0.325 e. The average Bonchev–Trinajstić information content (AvgIpc) is 2.09.